The van der Waals surface area contributed by atoms with Crippen molar-refractivity contribution in [3.05, 3.63) is 24.3 Å². The van der Waals surface area contributed by atoms with E-state index in [1.54, 1.807) is 31.2 Å². The predicted molar refractivity (Wildman–Crippen MR) is 76.0 cm³/mol. The van der Waals surface area contributed by atoms with Gasteiger partial charge in [-0.2, -0.15) is 0 Å². The lowest BCUT2D eigenvalue weighted by atomic mass is 10.3. The van der Waals surface area contributed by atoms with Crippen LogP contribution in [0.1, 0.15) is 20.3 Å². The van der Waals surface area contributed by atoms with E-state index in [0.29, 0.717) is 11.4 Å². The van der Waals surface area contributed by atoms with Crippen LogP contribution in [0.5, 0.6) is 0 Å². The second kappa shape index (κ2) is 7.13. The molecule has 0 aliphatic carbocycles. The average molecular weight is 284 g/mol. The fraction of sp³-hybridized carbons (Fsp3) is 0.462. The Hall–Kier alpha value is -1.56. The molecule has 0 unspecified atom stereocenters. The van der Waals surface area contributed by atoms with Crippen molar-refractivity contribution in [2.45, 2.75) is 25.2 Å². The normalized spacial score (nSPS) is 11.1. The quantitative estimate of drug-likeness (QED) is 0.794. The van der Waals surface area contributed by atoms with Crippen LogP contribution in [0.2, 0.25) is 0 Å². The van der Waals surface area contributed by atoms with Crippen molar-refractivity contribution < 1.29 is 13.2 Å². The van der Waals surface area contributed by atoms with E-state index in [-0.39, 0.29) is 18.2 Å². The summed E-state index contributed by atoms with van der Waals surface area (Å²) in [7, 11) is -3.17. The summed E-state index contributed by atoms with van der Waals surface area (Å²) in [4.78, 5) is 11.7. The highest BCUT2D eigenvalue weighted by atomic mass is 32.2. The number of anilines is 1. The Kier molecular flexibility index (Phi) is 5.82. The number of hydrogen-bond donors (Lipinski definition) is 2. The Morgan fingerprint density at radius 1 is 1.16 bits per heavy atom. The topological polar surface area (TPSA) is 75.3 Å². The molecule has 0 saturated heterocycles. The van der Waals surface area contributed by atoms with Crippen LogP contribution in [0.4, 0.5) is 5.69 Å². The minimum atomic E-state index is -3.17. The third kappa shape index (κ3) is 4.90. The molecule has 1 amide bonds. The molecule has 0 radical (unpaired) electrons. The molecule has 0 bridgehead atoms. The van der Waals surface area contributed by atoms with E-state index in [1.807, 2.05) is 6.92 Å². The summed E-state index contributed by atoms with van der Waals surface area (Å²) in [6, 6.07) is 6.42. The molecule has 0 fully saturated rings. The molecule has 1 aromatic rings. The largest absolute Gasteiger partial charge is 0.376 e. The summed E-state index contributed by atoms with van der Waals surface area (Å²) in [5.41, 5.74) is 0.724. The molecule has 0 spiro atoms. The SMILES string of the molecule is CCCNC(=O)CNc1ccc(S(=O)(=O)CC)cc1. The van der Waals surface area contributed by atoms with Gasteiger partial charge in [-0.1, -0.05) is 13.8 Å². The minimum absolute atomic E-state index is 0.0768. The third-order valence-electron chi connectivity index (χ3n) is 2.62. The molecule has 5 nitrogen and oxygen atoms in total. The lowest BCUT2D eigenvalue weighted by Gasteiger charge is -2.08. The van der Waals surface area contributed by atoms with Gasteiger partial charge >= 0.3 is 0 Å². The monoisotopic (exact) mass is 284 g/mol. The summed E-state index contributed by atoms with van der Waals surface area (Å²) in [6.45, 7) is 4.44. The molecule has 19 heavy (non-hydrogen) atoms. The Balaban J connectivity index is 2.56. The zero-order valence-corrected chi connectivity index (χ0v) is 12.1. The molecular weight excluding hydrogens is 264 g/mol. The summed E-state index contributed by atoms with van der Waals surface area (Å²) >= 11 is 0. The Morgan fingerprint density at radius 2 is 1.79 bits per heavy atom. The number of carbonyl (C=O) groups is 1. The van der Waals surface area contributed by atoms with Crippen molar-refractivity contribution in [2.24, 2.45) is 0 Å². The second-order valence-electron chi connectivity index (χ2n) is 4.13. The first-order valence-electron chi connectivity index (χ1n) is 6.33. The van der Waals surface area contributed by atoms with Crippen LogP contribution < -0.4 is 10.6 Å². The van der Waals surface area contributed by atoms with E-state index >= 15 is 0 Å². The van der Waals surface area contributed by atoms with Gasteiger partial charge < -0.3 is 10.6 Å². The fourth-order valence-electron chi connectivity index (χ4n) is 1.46. The van der Waals surface area contributed by atoms with Gasteiger partial charge in [0.1, 0.15) is 0 Å². The number of hydrogen-bond acceptors (Lipinski definition) is 4. The first-order chi connectivity index (χ1) is 8.99. The zero-order chi connectivity index (χ0) is 14.3. The van der Waals surface area contributed by atoms with Gasteiger partial charge in [0.25, 0.3) is 0 Å². The Labute approximate surface area is 114 Å². The molecule has 0 atom stereocenters. The molecule has 2 N–H and O–H groups in total. The van der Waals surface area contributed by atoms with Gasteiger partial charge in [0.15, 0.2) is 9.84 Å². The number of rotatable bonds is 7. The molecule has 1 aromatic carbocycles. The third-order valence-corrected chi connectivity index (χ3v) is 4.37. The number of sulfone groups is 1. The van der Waals surface area contributed by atoms with E-state index in [0.717, 1.165) is 12.1 Å². The van der Waals surface area contributed by atoms with Crippen molar-refractivity contribution in [2.75, 3.05) is 24.2 Å². The van der Waals surface area contributed by atoms with Crippen LogP contribution in [-0.2, 0) is 14.6 Å². The highest BCUT2D eigenvalue weighted by Gasteiger charge is 2.10. The van der Waals surface area contributed by atoms with Crippen LogP contribution in [0.25, 0.3) is 0 Å². The number of carbonyl (C=O) groups excluding carboxylic acids is 1. The van der Waals surface area contributed by atoms with Gasteiger partial charge in [-0.25, -0.2) is 8.42 Å². The number of amides is 1. The maximum Gasteiger partial charge on any atom is 0.239 e. The van der Waals surface area contributed by atoms with Crippen molar-refractivity contribution in [1.82, 2.24) is 5.32 Å². The second-order valence-corrected chi connectivity index (χ2v) is 6.41. The lowest BCUT2D eigenvalue weighted by Crippen LogP contribution is -2.30. The molecule has 0 aliphatic rings. The Morgan fingerprint density at radius 3 is 2.32 bits per heavy atom. The first-order valence-corrected chi connectivity index (χ1v) is 7.98. The smallest absolute Gasteiger partial charge is 0.239 e. The maximum atomic E-state index is 11.6. The van der Waals surface area contributed by atoms with E-state index < -0.39 is 9.84 Å². The highest BCUT2D eigenvalue weighted by Crippen LogP contribution is 2.14. The molecule has 0 heterocycles. The van der Waals surface area contributed by atoms with E-state index in [4.69, 9.17) is 0 Å². The van der Waals surface area contributed by atoms with Crippen LogP contribution in [0.3, 0.4) is 0 Å². The molecule has 0 aliphatic heterocycles. The van der Waals surface area contributed by atoms with Crippen molar-refractivity contribution in [3.8, 4) is 0 Å². The van der Waals surface area contributed by atoms with Gasteiger partial charge in [-0.05, 0) is 30.7 Å². The van der Waals surface area contributed by atoms with Gasteiger partial charge in [-0.15, -0.1) is 0 Å². The van der Waals surface area contributed by atoms with Crippen LogP contribution >= 0.6 is 0 Å². The van der Waals surface area contributed by atoms with Crippen molar-refractivity contribution >= 4 is 21.4 Å². The van der Waals surface area contributed by atoms with Crippen molar-refractivity contribution in [1.29, 1.82) is 0 Å². The predicted octanol–water partition coefficient (Wildman–Crippen LogP) is 1.42. The number of nitrogens with one attached hydrogen (secondary N) is 2. The van der Waals surface area contributed by atoms with Crippen LogP contribution in [0.15, 0.2) is 29.2 Å². The zero-order valence-electron chi connectivity index (χ0n) is 11.3. The van der Waals surface area contributed by atoms with Crippen LogP contribution in [0, 0.1) is 0 Å². The molecule has 0 saturated carbocycles. The minimum Gasteiger partial charge on any atom is -0.376 e. The molecule has 106 valence electrons. The maximum absolute atomic E-state index is 11.6. The summed E-state index contributed by atoms with van der Waals surface area (Å²) < 4.78 is 23.2. The van der Waals surface area contributed by atoms with Crippen LogP contribution in [-0.4, -0.2) is 33.2 Å². The van der Waals surface area contributed by atoms with Crippen molar-refractivity contribution in [3.63, 3.8) is 0 Å². The average Bonchev–Trinajstić information content (AvgIpc) is 2.43. The highest BCUT2D eigenvalue weighted by molar-refractivity contribution is 7.91. The van der Waals surface area contributed by atoms with Gasteiger partial charge in [0.2, 0.25) is 5.91 Å². The molecule has 6 heteroatoms. The summed E-state index contributed by atoms with van der Waals surface area (Å²) in [5, 5.41) is 5.69. The first kappa shape index (κ1) is 15.5. The lowest BCUT2D eigenvalue weighted by molar-refractivity contribution is -0.119. The molecular formula is C13H20N2O3S. The van der Waals surface area contributed by atoms with E-state index in [9.17, 15) is 13.2 Å². The summed E-state index contributed by atoms with van der Waals surface area (Å²) in [6.07, 6.45) is 0.898. The summed E-state index contributed by atoms with van der Waals surface area (Å²) in [5.74, 6) is 0.00579. The molecule has 1 rings (SSSR count). The van der Waals surface area contributed by atoms with E-state index in [2.05, 4.69) is 10.6 Å². The Bertz CT molecular complexity index is 509. The number of benzene rings is 1. The molecule has 0 aromatic heterocycles. The van der Waals surface area contributed by atoms with E-state index in [1.165, 1.54) is 0 Å². The fourth-order valence-corrected chi connectivity index (χ4v) is 2.34. The standard InChI is InChI=1S/C13H20N2O3S/c1-3-9-14-13(16)10-15-11-5-7-12(8-6-11)19(17,18)4-2/h5-8,15H,3-4,9-10H2,1-2H3,(H,14,16). The van der Waals surface area contributed by atoms with Gasteiger partial charge in [0, 0.05) is 12.2 Å². The van der Waals surface area contributed by atoms with Gasteiger partial charge in [-0.3, -0.25) is 4.79 Å². The van der Waals surface area contributed by atoms with Gasteiger partial charge in [0.05, 0.1) is 17.2 Å².